The number of nitrogens with two attached hydrogens (primary N) is 1. The highest BCUT2D eigenvalue weighted by molar-refractivity contribution is 5.79. The fourth-order valence-corrected chi connectivity index (χ4v) is 3.34. The summed E-state index contributed by atoms with van der Waals surface area (Å²) in [5.74, 6) is 1.16. The maximum atomic E-state index is 5.90. The van der Waals surface area contributed by atoms with Gasteiger partial charge in [0.05, 0.1) is 5.69 Å². The van der Waals surface area contributed by atoms with Crippen LogP contribution < -0.4 is 5.73 Å². The van der Waals surface area contributed by atoms with Crippen LogP contribution in [0, 0.1) is 13.8 Å². The molecule has 0 bridgehead atoms. The second kappa shape index (κ2) is 6.48. The lowest BCUT2D eigenvalue weighted by atomic mass is 10.1. The number of H-pyrrole nitrogens is 1. The van der Waals surface area contributed by atoms with Gasteiger partial charge in [-0.15, -0.1) is 0 Å². The van der Waals surface area contributed by atoms with Gasteiger partial charge in [0, 0.05) is 24.3 Å². The van der Waals surface area contributed by atoms with Crippen molar-refractivity contribution in [2.45, 2.75) is 13.8 Å². The summed E-state index contributed by atoms with van der Waals surface area (Å²) >= 11 is 0. The van der Waals surface area contributed by atoms with E-state index in [1.165, 1.54) is 0 Å². The first kappa shape index (κ1) is 17.0. The number of aromatic amines is 1. The predicted molar refractivity (Wildman–Crippen MR) is 109 cm³/mol. The molecule has 0 saturated heterocycles. The Hall–Kier alpha value is -4.14. The van der Waals surface area contributed by atoms with Gasteiger partial charge in [0.2, 0.25) is 5.95 Å². The summed E-state index contributed by atoms with van der Waals surface area (Å²) in [4.78, 5) is 22.0. The molecule has 0 radical (unpaired) electrons. The van der Waals surface area contributed by atoms with Crippen LogP contribution in [0.5, 0.6) is 0 Å². The summed E-state index contributed by atoms with van der Waals surface area (Å²) in [6.45, 7) is 3.75. The molecule has 0 aliphatic rings. The molecule has 0 fully saturated rings. The molecule has 0 amide bonds. The van der Waals surface area contributed by atoms with Crippen molar-refractivity contribution in [3.05, 3.63) is 60.4 Å². The van der Waals surface area contributed by atoms with E-state index in [4.69, 9.17) is 10.7 Å². The summed E-state index contributed by atoms with van der Waals surface area (Å²) in [7, 11) is 0. The molecule has 0 aliphatic heterocycles. The predicted octanol–water partition coefficient (Wildman–Crippen LogP) is 2.84. The van der Waals surface area contributed by atoms with Crippen molar-refractivity contribution in [3.8, 4) is 34.0 Å². The first-order valence-corrected chi connectivity index (χ1v) is 9.02. The number of aryl methyl sites for hydroxylation is 2. The van der Waals surface area contributed by atoms with E-state index in [9.17, 15) is 0 Å². The van der Waals surface area contributed by atoms with E-state index in [-0.39, 0.29) is 5.95 Å². The highest BCUT2D eigenvalue weighted by Crippen LogP contribution is 2.31. The van der Waals surface area contributed by atoms with Gasteiger partial charge in [0.25, 0.3) is 0 Å². The van der Waals surface area contributed by atoms with Gasteiger partial charge in [-0.2, -0.15) is 15.1 Å². The Morgan fingerprint density at radius 3 is 2.59 bits per heavy atom. The number of hydrogen-bond acceptors (Lipinski definition) is 7. The third-order valence-corrected chi connectivity index (χ3v) is 4.58. The highest BCUT2D eigenvalue weighted by atomic mass is 15.1. The fourth-order valence-electron chi connectivity index (χ4n) is 3.34. The molecule has 5 aromatic rings. The van der Waals surface area contributed by atoms with Gasteiger partial charge in [-0.1, -0.05) is 0 Å². The Morgan fingerprint density at radius 2 is 1.83 bits per heavy atom. The average Bonchev–Trinajstić information content (AvgIpc) is 3.34. The molecule has 5 rings (SSSR count). The maximum Gasteiger partial charge on any atom is 0.223 e. The van der Waals surface area contributed by atoms with Gasteiger partial charge in [-0.25, -0.2) is 9.97 Å². The van der Waals surface area contributed by atoms with E-state index in [0.29, 0.717) is 23.0 Å². The molecule has 9 heteroatoms. The quantitative estimate of drug-likeness (QED) is 0.491. The van der Waals surface area contributed by atoms with E-state index < -0.39 is 0 Å². The van der Waals surface area contributed by atoms with Crippen molar-refractivity contribution in [1.82, 2.24) is 39.5 Å². The molecule has 9 nitrogen and oxygen atoms in total. The van der Waals surface area contributed by atoms with Crippen LogP contribution in [0.2, 0.25) is 0 Å². The van der Waals surface area contributed by atoms with Crippen molar-refractivity contribution in [3.63, 3.8) is 0 Å². The average molecular weight is 383 g/mol. The molecule has 0 aromatic carbocycles. The lowest BCUT2D eigenvalue weighted by Gasteiger charge is -2.07. The molecule has 0 spiro atoms. The summed E-state index contributed by atoms with van der Waals surface area (Å²) in [5, 5.41) is 7.03. The number of aromatic nitrogens is 8. The van der Waals surface area contributed by atoms with E-state index in [1.54, 1.807) is 19.3 Å². The zero-order valence-corrected chi connectivity index (χ0v) is 15.8. The van der Waals surface area contributed by atoms with E-state index in [1.807, 2.05) is 47.9 Å². The van der Waals surface area contributed by atoms with Crippen LogP contribution in [0.4, 0.5) is 5.95 Å². The normalized spacial score (nSPS) is 11.2. The van der Waals surface area contributed by atoms with Crippen LogP contribution in [0.1, 0.15) is 11.5 Å². The molecule has 5 aromatic heterocycles. The van der Waals surface area contributed by atoms with Crippen molar-refractivity contribution < 1.29 is 0 Å². The zero-order valence-electron chi connectivity index (χ0n) is 15.8. The SMILES string of the molecule is Cc1cc(-c2ccc3nc(-c4ccn[nH]4)c(-c4nc(C)nc(N)n4)n3c2)ccn1. The molecule has 0 unspecified atom stereocenters. The fraction of sp³-hybridized carbons (Fsp3) is 0.100. The second-order valence-electron chi connectivity index (χ2n) is 6.68. The minimum absolute atomic E-state index is 0.166. The Labute approximate surface area is 165 Å². The third kappa shape index (κ3) is 2.98. The van der Waals surface area contributed by atoms with E-state index >= 15 is 0 Å². The summed E-state index contributed by atoms with van der Waals surface area (Å²) in [6, 6.07) is 9.87. The molecule has 142 valence electrons. The largest absolute Gasteiger partial charge is 0.368 e. The smallest absolute Gasteiger partial charge is 0.223 e. The number of nitrogen functional groups attached to an aromatic ring is 1. The minimum atomic E-state index is 0.166. The zero-order chi connectivity index (χ0) is 20.0. The van der Waals surface area contributed by atoms with Crippen LogP contribution in [-0.2, 0) is 0 Å². The number of fused-ring (bicyclic) bond motifs is 1. The van der Waals surface area contributed by atoms with Gasteiger partial charge >= 0.3 is 0 Å². The second-order valence-corrected chi connectivity index (χ2v) is 6.68. The van der Waals surface area contributed by atoms with Gasteiger partial charge in [0.15, 0.2) is 5.82 Å². The number of rotatable bonds is 3. The number of pyridine rings is 2. The standard InChI is InChI=1S/C20H17N9/c1-11-9-13(5-7-22-11)14-3-4-16-26-17(15-6-8-23-28-15)18(29(16)10-14)19-24-12(2)25-20(21)27-19/h3-10H,1-2H3,(H,23,28)(H2,21,24,25,27). The summed E-state index contributed by atoms with van der Waals surface area (Å²) in [5.41, 5.74) is 11.9. The van der Waals surface area contributed by atoms with Gasteiger partial charge in [0.1, 0.15) is 22.9 Å². The number of nitrogens with zero attached hydrogens (tertiary/aromatic N) is 7. The molecule has 3 N–H and O–H groups in total. The van der Waals surface area contributed by atoms with Crippen LogP contribution in [0.3, 0.4) is 0 Å². The van der Waals surface area contributed by atoms with Crippen molar-refractivity contribution in [2.75, 3.05) is 5.73 Å². The molecule has 0 saturated carbocycles. The van der Waals surface area contributed by atoms with E-state index in [2.05, 4.69) is 30.1 Å². The van der Waals surface area contributed by atoms with E-state index in [0.717, 1.165) is 28.2 Å². The summed E-state index contributed by atoms with van der Waals surface area (Å²) < 4.78 is 1.97. The monoisotopic (exact) mass is 383 g/mol. The van der Waals surface area contributed by atoms with Crippen LogP contribution >= 0.6 is 0 Å². The summed E-state index contributed by atoms with van der Waals surface area (Å²) in [6.07, 6.45) is 5.50. The Bertz CT molecular complexity index is 1320. The Morgan fingerprint density at radius 1 is 0.931 bits per heavy atom. The molecular weight excluding hydrogens is 366 g/mol. The highest BCUT2D eigenvalue weighted by Gasteiger charge is 2.20. The number of imidazole rings is 1. The number of anilines is 1. The van der Waals surface area contributed by atoms with Gasteiger partial charge in [-0.3, -0.25) is 14.5 Å². The molecule has 0 aliphatic carbocycles. The van der Waals surface area contributed by atoms with Crippen molar-refractivity contribution >= 4 is 11.6 Å². The third-order valence-electron chi connectivity index (χ3n) is 4.58. The van der Waals surface area contributed by atoms with Gasteiger partial charge in [-0.05, 0) is 55.3 Å². The van der Waals surface area contributed by atoms with Crippen LogP contribution in [0.15, 0.2) is 48.9 Å². The van der Waals surface area contributed by atoms with Gasteiger partial charge < -0.3 is 5.73 Å². The van der Waals surface area contributed by atoms with Crippen molar-refractivity contribution in [2.24, 2.45) is 0 Å². The first-order chi connectivity index (χ1) is 14.1. The number of nitrogens with one attached hydrogen (secondary N) is 1. The minimum Gasteiger partial charge on any atom is -0.368 e. The lowest BCUT2D eigenvalue weighted by molar-refractivity contribution is 0.982. The number of hydrogen-bond donors (Lipinski definition) is 2. The molecular formula is C20H17N9. The first-order valence-electron chi connectivity index (χ1n) is 9.02. The molecule has 5 heterocycles. The topological polar surface area (TPSA) is 124 Å². The lowest BCUT2D eigenvalue weighted by Crippen LogP contribution is -2.04. The van der Waals surface area contributed by atoms with Crippen LogP contribution in [0.25, 0.3) is 39.7 Å². The Kier molecular flexibility index (Phi) is 3.80. The molecule has 29 heavy (non-hydrogen) atoms. The van der Waals surface area contributed by atoms with Crippen molar-refractivity contribution in [1.29, 1.82) is 0 Å². The Balaban J connectivity index is 1.81. The van der Waals surface area contributed by atoms with Crippen LogP contribution in [-0.4, -0.2) is 39.5 Å². The molecule has 0 atom stereocenters. The maximum absolute atomic E-state index is 5.90.